The summed E-state index contributed by atoms with van der Waals surface area (Å²) in [4.78, 5) is 10.3. The van der Waals surface area contributed by atoms with E-state index in [1.165, 1.54) is 12.4 Å². The number of H-pyrrole nitrogens is 1. The molecule has 2 rings (SSSR count). The van der Waals surface area contributed by atoms with E-state index in [4.69, 9.17) is 10.8 Å². The number of hydrogen-bond acceptors (Lipinski definition) is 4. The number of nitrogen functional groups attached to an aromatic ring is 1. The number of anilines is 1. The second-order valence-corrected chi connectivity index (χ2v) is 2.16. The summed E-state index contributed by atoms with van der Waals surface area (Å²) in [6.07, 6.45) is 1.46. The molecule has 4 N–H and O–H groups in total. The summed E-state index contributed by atoms with van der Waals surface area (Å²) in [7, 11) is 0. The Kier molecular flexibility index (Phi) is 1.00. The summed E-state index contributed by atoms with van der Waals surface area (Å²) in [6.45, 7) is 0. The fraction of sp³-hybridized carbons (Fsp3) is 0. The maximum atomic E-state index is 8.97. The van der Waals surface area contributed by atoms with Crippen LogP contribution in [0.25, 0.3) is 11.4 Å². The van der Waals surface area contributed by atoms with Gasteiger partial charge in [-0.2, -0.15) is 0 Å². The molecule has 11 heavy (non-hydrogen) atoms. The van der Waals surface area contributed by atoms with Gasteiger partial charge in [0.25, 0.3) is 0 Å². The molecule has 2 aliphatic rings. The first-order valence-electron chi connectivity index (χ1n) is 3.06. The SMILES string of the molecule is Nc1nc[nH]c2cc(O)nc1-2. The number of aromatic nitrogens is 3. The van der Waals surface area contributed by atoms with Crippen molar-refractivity contribution in [2.45, 2.75) is 0 Å². The zero-order valence-electron chi connectivity index (χ0n) is 5.57. The lowest BCUT2D eigenvalue weighted by Crippen LogP contribution is -1.95. The quantitative estimate of drug-likeness (QED) is 0.500. The molecule has 2 heterocycles. The van der Waals surface area contributed by atoms with Crippen molar-refractivity contribution in [1.29, 1.82) is 0 Å². The standard InChI is InChI=1S/C6H6N4O/c7-6-5-3(8-2-9-6)1-4(11)10-5/h1-2H,7H2,(H,8,9)(H,10,11). The van der Waals surface area contributed by atoms with Crippen LogP contribution in [0.15, 0.2) is 12.4 Å². The van der Waals surface area contributed by atoms with E-state index >= 15 is 0 Å². The van der Waals surface area contributed by atoms with Gasteiger partial charge >= 0.3 is 0 Å². The summed E-state index contributed by atoms with van der Waals surface area (Å²) < 4.78 is 0. The van der Waals surface area contributed by atoms with Crippen molar-refractivity contribution in [1.82, 2.24) is 15.0 Å². The van der Waals surface area contributed by atoms with Gasteiger partial charge < -0.3 is 15.8 Å². The maximum absolute atomic E-state index is 8.97. The van der Waals surface area contributed by atoms with E-state index in [0.29, 0.717) is 17.2 Å². The highest BCUT2D eigenvalue weighted by Crippen LogP contribution is 2.26. The maximum Gasteiger partial charge on any atom is 0.213 e. The van der Waals surface area contributed by atoms with Gasteiger partial charge in [-0.15, -0.1) is 0 Å². The number of nitrogens with zero attached hydrogens (tertiary/aromatic N) is 2. The van der Waals surface area contributed by atoms with Gasteiger partial charge in [0.1, 0.15) is 5.69 Å². The van der Waals surface area contributed by atoms with Crippen LogP contribution in [-0.2, 0) is 0 Å². The summed E-state index contributed by atoms with van der Waals surface area (Å²) in [5, 5.41) is 8.97. The van der Waals surface area contributed by atoms with Gasteiger partial charge in [-0.25, -0.2) is 9.97 Å². The van der Waals surface area contributed by atoms with Crippen molar-refractivity contribution < 1.29 is 5.11 Å². The molecule has 0 saturated heterocycles. The number of aromatic hydroxyl groups is 1. The highest BCUT2D eigenvalue weighted by atomic mass is 16.3. The van der Waals surface area contributed by atoms with Crippen LogP contribution >= 0.6 is 0 Å². The van der Waals surface area contributed by atoms with Gasteiger partial charge in [0, 0.05) is 6.07 Å². The summed E-state index contributed by atoms with van der Waals surface area (Å²) >= 11 is 0. The Morgan fingerprint density at radius 2 is 2.36 bits per heavy atom. The van der Waals surface area contributed by atoms with E-state index in [-0.39, 0.29) is 5.88 Å². The molecule has 2 aliphatic heterocycles. The molecule has 5 nitrogen and oxygen atoms in total. The molecule has 0 aromatic rings. The molecular formula is C6H6N4O. The van der Waals surface area contributed by atoms with Gasteiger partial charge in [0.05, 0.1) is 12.0 Å². The number of rotatable bonds is 0. The lowest BCUT2D eigenvalue weighted by atomic mass is 10.3. The fourth-order valence-electron chi connectivity index (χ4n) is 0.942. The van der Waals surface area contributed by atoms with Crippen molar-refractivity contribution in [3.8, 4) is 17.3 Å². The van der Waals surface area contributed by atoms with Crippen LogP contribution < -0.4 is 5.73 Å². The van der Waals surface area contributed by atoms with Crippen LogP contribution in [0.3, 0.4) is 0 Å². The predicted octanol–water partition coefficient (Wildman–Crippen LogP) is 0.197. The third kappa shape index (κ3) is 0.778. The molecule has 0 bridgehead atoms. The minimum atomic E-state index is -0.0454. The Bertz CT molecular complexity index is 356. The van der Waals surface area contributed by atoms with Crippen molar-refractivity contribution in [2.24, 2.45) is 0 Å². The molecular weight excluding hydrogens is 144 g/mol. The Morgan fingerprint density at radius 1 is 1.55 bits per heavy atom. The van der Waals surface area contributed by atoms with E-state index in [1.807, 2.05) is 0 Å². The molecule has 0 radical (unpaired) electrons. The van der Waals surface area contributed by atoms with Gasteiger partial charge in [-0.3, -0.25) is 0 Å². The van der Waals surface area contributed by atoms with Crippen LogP contribution in [0.2, 0.25) is 0 Å². The molecule has 0 aliphatic carbocycles. The van der Waals surface area contributed by atoms with E-state index in [1.54, 1.807) is 0 Å². The fourth-order valence-corrected chi connectivity index (χ4v) is 0.942. The van der Waals surface area contributed by atoms with Gasteiger partial charge in [-0.05, 0) is 0 Å². The average Bonchev–Trinajstić information content (AvgIpc) is 2.31. The van der Waals surface area contributed by atoms with Gasteiger partial charge in [0.15, 0.2) is 5.82 Å². The zero-order chi connectivity index (χ0) is 7.84. The molecule has 0 fully saturated rings. The molecule has 5 heteroatoms. The summed E-state index contributed by atoms with van der Waals surface area (Å²) in [6, 6.07) is 1.49. The Hall–Kier alpha value is -1.78. The largest absolute Gasteiger partial charge is 0.493 e. The first kappa shape index (κ1) is 5.96. The average molecular weight is 150 g/mol. The Morgan fingerprint density at radius 3 is 3.09 bits per heavy atom. The first-order chi connectivity index (χ1) is 5.27. The number of hydrogen-bond donors (Lipinski definition) is 3. The molecule has 0 spiro atoms. The third-order valence-electron chi connectivity index (χ3n) is 1.42. The van der Waals surface area contributed by atoms with Crippen LogP contribution in [0.4, 0.5) is 5.82 Å². The molecule has 0 saturated carbocycles. The number of aromatic amines is 1. The second kappa shape index (κ2) is 1.85. The Labute approximate surface area is 62.3 Å². The van der Waals surface area contributed by atoms with E-state index in [2.05, 4.69) is 15.0 Å². The summed E-state index contributed by atoms with van der Waals surface area (Å²) in [5.74, 6) is 0.273. The third-order valence-corrected chi connectivity index (χ3v) is 1.42. The number of nitrogens with two attached hydrogens (primary N) is 1. The normalized spacial score (nSPS) is 10.5. The van der Waals surface area contributed by atoms with Crippen molar-refractivity contribution >= 4 is 5.82 Å². The minimum Gasteiger partial charge on any atom is -0.493 e. The van der Waals surface area contributed by atoms with Crippen LogP contribution in [0, 0.1) is 0 Å². The minimum absolute atomic E-state index is 0.0454. The smallest absolute Gasteiger partial charge is 0.213 e. The van der Waals surface area contributed by atoms with E-state index < -0.39 is 0 Å². The van der Waals surface area contributed by atoms with Gasteiger partial charge in [-0.1, -0.05) is 0 Å². The van der Waals surface area contributed by atoms with E-state index in [9.17, 15) is 0 Å². The molecule has 0 amide bonds. The van der Waals surface area contributed by atoms with Crippen LogP contribution in [0.1, 0.15) is 0 Å². The monoisotopic (exact) mass is 150 g/mol. The van der Waals surface area contributed by atoms with Crippen LogP contribution in [-0.4, -0.2) is 20.1 Å². The number of fused-ring (bicyclic) bond motifs is 1. The van der Waals surface area contributed by atoms with Crippen molar-refractivity contribution in [3.05, 3.63) is 12.4 Å². The molecule has 56 valence electrons. The first-order valence-corrected chi connectivity index (χ1v) is 3.06. The lowest BCUT2D eigenvalue weighted by Gasteiger charge is -1.97. The zero-order valence-corrected chi connectivity index (χ0v) is 5.57. The van der Waals surface area contributed by atoms with Gasteiger partial charge in [0.2, 0.25) is 5.88 Å². The van der Waals surface area contributed by atoms with Crippen LogP contribution in [0.5, 0.6) is 5.88 Å². The topological polar surface area (TPSA) is 87.8 Å². The molecule has 0 unspecified atom stereocenters. The summed E-state index contributed by atoms with van der Waals surface area (Å²) in [5.41, 5.74) is 6.66. The van der Waals surface area contributed by atoms with Crippen molar-refractivity contribution in [3.63, 3.8) is 0 Å². The molecule has 0 aromatic carbocycles. The highest BCUT2D eigenvalue weighted by Gasteiger charge is 2.11. The number of nitrogens with one attached hydrogen (secondary N) is 1. The molecule has 0 aromatic heterocycles. The Balaban J connectivity index is 2.78. The van der Waals surface area contributed by atoms with Crippen molar-refractivity contribution in [2.75, 3.05) is 5.73 Å². The highest BCUT2D eigenvalue weighted by molar-refractivity contribution is 5.69. The second-order valence-electron chi connectivity index (χ2n) is 2.16. The van der Waals surface area contributed by atoms with E-state index in [0.717, 1.165) is 0 Å². The lowest BCUT2D eigenvalue weighted by molar-refractivity contribution is 0.458. The molecule has 0 atom stereocenters. The predicted molar refractivity (Wildman–Crippen MR) is 39.1 cm³/mol.